The van der Waals surface area contributed by atoms with Gasteiger partial charge >= 0.3 is 0 Å². The minimum atomic E-state index is 0.232. The monoisotopic (exact) mass is 298 g/mol. The first-order valence-electron chi connectivity index (χ1n) is 6.12. The Kier molecular flexibility index (Phi) is 4.42. The van der Waals surface area contributed by atoms with Gasteiger partial charge in [-0.1, -0.05) is 22.0 Å². The van der Waals surface area contributed by atoms with Crippen LogP contribution in [0.2, 0.25) is 0 Å². The van der Waals surface area contributed by atoms with Gasteiger partial charge in [-0.2, -0.15) is 0 Å². The molecule has 0 spiro atoms. The van der Waals surface area contributed by atoms with E-state index in [2.05, 4.69) is 39.0 Å². The highest BCUT2D eigenvalue weighted by Gasteiger charge is 2.22. The number of anilines is 1. The fraction of sp³-hybridized carbons (Fsp3) is 0.538. The van der Waals surface area contributed by atoms with Crippen LogP contribution in [0.25, 0.3) is 0 Å². The fourth-order valence-corrected chi connectivity index (χ4v) is 2.94. The van der Waals surface area contributed by atoms with E-state index in [9.17, 15) is 5.11 Å². The van der Waals surface area contributed by atoms with Crippen molar-refractivity contribution in [3.8, 4) is 0 Å². The summed E-state index contributed by atoms with van der Waals surface area (Å²) in [5.41, 5.74) is 7.94. The van der Waals surface area contributed by atoms with E-state index >= 15 is 0 Å². The van der Waals surface area contributed by atoms with Gasteiger partial charge in [-0.15, -0.1) is 0 Å². The Labute approximate surface area is 111 Å². The normalized spacial score (nSPS) is 20.6. The lowest BCUT2D eigenvalue weighted by Gasteiger charge is -2.36. The van der Waals surface area contributed by atoms with Crippen molar-refractivity contribution in [2.24, 2.45) is 5.73 Å². The molecule has 1 aliphatic rings. The zero-order valence-electron chi connectivity index (χ0n) is 9.90. The summed E-state index contributed by atoms with van der Waals surface area (Å²) in [6, 6.07) is 6.53. The number of halogens is 1. The molecule has 0 bridgehead atoms. The lowest BCUT2D eigenvalue weighted by Crippen LogP contribution is -2.41. The highest BCUT2D eigenvalue weighted by atomic mass is 79.9. The van der Waals surface area contributed by atoms with E-state index in [0.717, 1.165) is 23.0 Å². The van der Waals surface area contributed by atoms with E-state index in [1.165, 1.54) is 18.5 Å². The molecule has 4 heteroatoms. The first-order chi connectivity index (χ1) is 8.26. The lowest BCUT2D eigenvalue weighted by molar-refractivity contribution is 0.240. The molecule has 1 aromatic rings. The maximum absolute atomic E-state index is 9.42. The van der Waals surface area contributed by atoms with Gasteiger partial charge < -0.3 is 15.7 Å². The van der Waals surface area contributed by atoms with Crippen LogP contribution >= 0.6 is 15.9 Å². The third-order valence-corrected chi connectivity index (χ3v) is 4.16. The molecule has 1 aromatic carbocycles. The fourth-order valence-electron chi connectivity index (χ4n) is 2.41. The Morgan fingerprint density at radius 3 is 2.88 bits per heavy atom. The Morgan fingerprint density at radius 2 is 2.24 bits per heavy atom. The average molecular weight is 299 g/mol. The molecule has 0 aromatic heterocycles. The maximum atomic E-state index is 9.42. The molecule has 0 aliphatic carbocycles. The summed E-state index contributed by atoms with van der Waals surface area (Å²) in [4.78, 5) is 2.30. The smallest absolute Gasteiger partial charge is 0.0635 e. The third-order valence-electron chi connectivity index (χ3n) is 3.43. The van der Waals surface area contributed by atoms with Crippen LogP contribution in [0.15, 0.2) is 22.7 Å². The van der Waals surface area contributed by atoms with E-state index in [1.807, 2.05) is 0 Å². The first-order valence-corrected chi connectivity index (χ1v) is 6.91. The molecule has 1 heterocycles. The highest BCUT2D eigenvalue weighted by molar-refractivity contribution is 9.10. The predicted molar refractivity (Wildman–Crippen MR) is 74.1 cm³/mol. The van der Waals surface area contributed by atoms with Crippen molar-refractivity contribution in [2.75, 3.05) is 18.1 Å². The van der Waals surface area contributed by atoms with Crippen LogP contribution < -0.4 is 10.6 Å². The zero-order chi connectivity index (χ0) is 12.3. The zero-order valence-corrected chi connectivity index (χ0v) is 11.5. The van der Waals surface area contributed by atoms with Crippen LogP contribution in [-0.2, 0) is 6.54 Å². The minimum Gasteiger partial charge on any atom is -0.394 e. The van der Waals surface area contributed by atoms with Crippen molar-refractivity contribution in [3.63, 3.8) is 0 Å². The second-order valence-electron chi connectivity index (χ2n) is 4.51. The molecule has 1 atom stereocenters. The molecule has 1 saturated heterocycles. The average Bonchev–Trinajstić information content (AvgIpc) is 2.38. The molecule has 2 rings (SSSR count). The van der Waals surface area contributed by atoms with Gasteiger partial charge in [-0.05, 0) is 37.0 Å². The summed E-state index contributed by atoms with van der Waals surface area (Å²) in [6.45, 7) is 1.81. The number of piperidine rings is 1. The van der Waals surface area contributed by atoms with Gasteiger partial charge in [0.2, 0.25) is 0 Å². The summed E-state index contributed by atoms with van der Waals surface area (Å²) in [5, 5.41) is 9.42. The second kappa shape index (κ2) is 5.85. The number of hydrogen-bond acceptors (Lipinski definition) is 3. The minimum absolute atomic E-state index is 0.232. The molecule has 1 aliphatic heterocycles. The van der Waals surface area contributed by atoms with E-state index in [0.29, 0.717) is 6.54 Å². The molecule has 1 unspecified atom stereocenters. The van der Waals surface area contributed by atoms with Crippen molar-refractivity contribution >= 4 is 21.6 Å². The Bertz CT molecular complexity index is 384. The van der Waals surface area contributed by atoms with Crippen LogP contribution in [0, 0.1) is 0 Å². The van der Waals surface area contributed by atoms with Crippen LogP contribution in [0.1, 0.15) is 24.8 Å². The van der Waals surface area contributed by atoms with Gasteiger partial charge in [0.25, 0.3) is 0 Å². The molecule has 3 N–H and O–H groups in total. The molecule has 1 fully saturated rings. The highest BCUT2D eigenvalue weighted by Crippen LogP contribution is 2.28. The second-order valence-corrected chi connectivity index (χ2v) is 5.36. The number of rotatable bonds is 3. The van der Waals surface area contributed by atoms with E-state index in [1.54, 1.807) is 0 Å². The molecule has 0 amide bonds. The summed E-state index contributed by atoms with van der Waals surface area (Å²) in [7, 11) is 0. The van der Waals surface area contributed by atoms with Crippen LogP contribution in [-0.4, -0.2) is 24.3 Å². The number of benzene rings is 1. The Balaban J connectivity index is 2.23. The van der Waals surface area contributed by atoms with E-state index in [4.69, 9.17) is 5.73 Å². The van der Waals surface area contributed by atoms with Gasteiger partial charge in [-0.3, -0.25) is 0 Å². The molecule has 3 nitrogen and oxygen atoms in total. The molecular weight excluding hydrogens is 280 g/mol. The van der Waals surface area contributed by atoms with Crippen molar-refractivity contribution in [1.82, 2.24) is 0 Å². The maximum Gasteiger partial charge on any atom is 0.0635 e. The van der Waals surface area contributed by atoms with Gasteiger partial charge in [0.15, 0.2) is 0 Å². The molecule has 0 radical (unpaired) electrons. The van der Waals surface area contributed by atoms with Crippen molar-refractivity contribution in [1.29, 1.82) is 0 Å². The molecule has 17 heavy (non-hydrogen) atoms. The topological polar surface area (TPSA) is 49.5 Å². The Hall–Kier alpha value is -0.580. The molecular formula is C13H19BrN2O. The number of aliphatic hydroxyl groups excluding tert-OH is 1. The number of nitrogens with two attached hydrogens (primary N) is 1. The SMILES string of the molecule is NCc1ccc(N2CCCCC2CO)cc1Br. The predicted octanol–water partition coefficient (Wildman–Crippen LogP) is 2.26. The molecule has 94 valence electrons. The molecule has 0 saturated carbocycles. The third kappa shape index (κ3) is 2.81. The van der Waals surface area contributed by atoms with E-state index in [-0.39, 0.29) is 12.6 Å². The van der Waals surface area contributed by atoms with Gasteiger partial charge in [-0.25, -0.2) is 0 Å². The van der Waals surface area contributed by atoms with E-state index < -0.39 is 0 Å². The van der Waals surface area contributed by atoms with Crippen LogP contribution in [0.4, 0.5) is 5.69 Å². The van der Waals surface area contributed by atoms with Gasteiger partial charge in [0.1, 0.15) is 0 Å². The van der Waals surface area contributed by atoms with Crippen molar-refractivity contribution in [2.45, 2.75) is 31.8 Å². The van der Waals surface area contributed by atoms with Gasteiger partial charge in [0.05, 0.1) is 12.6 Å². The summed E-state index contributed by atoms with van der Waals surface area (Å²) in [5.74, 6) is 0. The van der Waals surface area contributed by atoms with Crippen molar-refractivity contribution in [3.05, 3.63) is 28.2 Å². The summed E-state index contributed by atoms with van der Waals surface area (Å²) >= 11 is 3.55. The van der Waals surface area contributed by atoms with Crippen molar-refractivity contribution < 1.29 is 5.11 Å². The number of aliphatic hydroxyl groups is 1. The quantitative estimate of drug-likeness (QED) is 0.900. The van der Waals surface area contributed by atoms with Gasteiger partial charge in [0, 0.05) is 23.2 Å². The van der Waals surface area contributed by atoms with Crippen LogP contribution in [0.3, 0.4) is 0 Å². The number of hydrogen-bond donors (Lipinski definition) is 2. The lowest BCUT2D eigenvalue weighted by atomic mass is 10.0. The van der Waals surface area contributed by atoms with Crippen LogP contribution in [0.5, 0.6) is 0 Å². The standard InChI is InChI=1S/C13H19BrN2O/c14-13-7-11(5-4-10(13)8-15)16-6-2-1-3-12(16)9-17/h4-5,7,12,17H,1-3,6,8-9,15H2. The number of nitrogens with zero attached hydrogens (tertiary/aromatic N) is 1. The summed E-state index contributed by atoms with van der Waals surface area (Å²) < 4.78 is 1.06. The Morgan fingerprint density at radius 1 is 1.41 bits per heavy atom. The largest absolute Gasteiger partial charge is 0.394 e. The first kappa shape index (κ1) is 12.9. The summed E-state index contributed by atoms with van der Waals surface area (Å²) in [6.07, 6.45) is 3.49.